The number of amides is 1. The number of esters is 1. The number of fused-ring (bicyclic) bond motifs is 1. The number of para-hydroxylation sites is 1. The van der Waals surface area contributed by atoms with E-state index in [9.17, 15) is 24.3 Å². The van der Waals surface area contributed by atoms with Crippen molar-refractivity contribution in [2.45, 2.75) is 46.0 Å². The number of rotatable bonds is 11. The second-order valence-electron chi connectivity index (χ2n) is 9.05. The Hall–Kier alpha value is -3.48. The first kappa shape index (κ1) is 26.1. The summed E-state index contributed by atoms with van der Waals surface area (Å²) in [5.74, 6) is -4.20. The van der Waals surface area contributed by atoms with Gasteiger partial charge in [0.05, 0.1) is 18.4 Å². The van der Waals surface area contributed by atoms with Crippen molar-refractivity contribution in [1.82, 2.24) is 0 Å². The molecule has 7 nitrogen and oxygen atoms in total. The van der Waals surface area contributed by atoms with E-state index in [4.69, 9.17) is 4.74 Å². The van der Waals surface area contributed by atoms with Crippen LogP contribution in [0.4, 0.5) is 5.69 Å². The molecule has 1 N–H and O–H groups in total. The van der Waals surface area contributed by atoms with E-state index in [2.05, 4.69) is 0 Å². The number of ketones is 1. The molecule has 2 aromatic rings. The summed E-state index contributed by atoms with van der Waals surface area (Å²) in [5.41, 5.74) is 2.48. The summed E-state index contributed by atoms with van der Waals surface area (Å²) in [6.07, 6.45) is 2.30. The van der Waals surface area contributed by atoms with Crippen molar-refractivity contribution >= 4 is 29.3 Å². The lowest BCUT2D eigenvalue weighted by molar-refractivity contribution is -0.149. The summed E-state index contributed by atoms with van der Waals surface area (Å²) >= 11 is 0. The van der Waals surface area contributed by atoms with Gasteiger partial charge < -0.3 is 14.7 Å². The maximum absolute atomic E-state index is 13.5. The number of benzene rings is 2. The van der Waals surface area contributed by atoms with Crippen molar-refractivity contribution in [1.29, 1.82) is 0 Å². The van der Waals surface area contributed by atoms with Gasteiger partial charge >= 0.3 is 11.9 Å². The lowest BCUT2D eigenvalue weighted by Gasteiger charge is -2.26. The van der Waals surface area contributed by atoms with E-state index in [0.29, 0.717) is 31.4 Å². The molecule has 0 bridgehead atoms. The highest BCUT2D eigenvalue weighted by molar-refractivity contribution is 6.11. The molecule has 0 radical (unpaired) electrons. The van der Waals surface area contributed by atoms with Crippen LogP contribution in [0.3, 0.4) is 0 Å². The van der Waals surface area contributed by atoms with Gasteiger partial charge in [0.25, 0.3) is 0 Å². The fraction of sp³-hybridized carbons (Fsp3) is 0.429. The Morgan fingerprint density at radius 2 is 1.77 bits per heavy atom. The van der Waals surface area contributed by atoms with Gasteiger partial charge in [0.15, 0.2) is 0 Å². The van der Waals surface area contributed by atoms with Crippen LogP contribution in [0.25, 0.3) is 0 Å². The molecule has 1 amide bonds. The minimum absolute atomic E-state index is 0.256. The summed E-state index contributed by atoms with van der Waals surface area (Å²) in [5, 5.41) is 9.39. The van der Waals surface area contributed by atoms with E-state index < -0.39 is 36.2 Å². The number of aryl methyl sites for hydroxylation is 2. The van der Waals surface area contributed by atoms with E-state index in [1.54, 1.807) is 26.0 Å². The first-order chi connectivity index (χ1) is 16.8. The van der Waals surface area contributed by atoms with Gasteiger partial charge in [0.2, 0.25) is 5.91 Å². The summed E-state index contributed by atoms with van der Waals surface area (Å²) in [6, 6.07) is 17.0. The molecule has 0 fully saturated rings. The number of aliphatic carboxylic acids is 1. The molecule has 1 aliphatic rings. The molecule has 3 rings (SSSR count). The fourth-order valence-corrected chi connectivity index (χ4v) is 4.74. The van der Waals surface area contributed by atoms with Crippen molar-refractivity contribution in [3.63, 3.8) is 0 Å². The van der Waals surface area contributed by atoms with E-state index in [1.165, 1.54) is 4.90 Å². The highest BCUT2D eigenvalue weighted by Gasteiger charge is 2.38. The maximum atomic E-state index is 13.5. The van der Waals surface area contributed by atoms with Crippen LogP contribution in [-0.4, -0.2) is 41.9 Å². The first-order valence-corrected chi connectivity index (χ1v) is 12.2. The molecule has 1 heterocycles. The average Bonchev–Trinajstić information content (AvgIpc) is 2.98. The Kier molecular flexibility index (Phi) is 9.18. The fourth-order valence-electron chi connectivity index (χ4n) is 4.74. The second-order valence-corrected chi connectivity index (χ2v) is 9.05. The zero-order chi connectivity index (χ0) is 25.4. The van der Waals surface area contributed by atoms with Gasteiger partial charge in [0, 0.05) is 11.6 Å². The summed E-state index contributed by atoms with van der Waals surface area (Å²) < 4.78 is 5.27. The second kappa shape index (κ2) is 12.3. The van der Waals surface area contributed by atoms with Crippen LogP contribution in [0.15, 0.2) is 54.6 Å². The molecule has 3 atom stereocenters. The van der Waals surface area contributed by atoms with Gasteiger partial charge in [-0.2, -0.15) is 0 Å². The van der Waals surface area contributed by atoms with Gasteiger partial charge in [-0.25, -0.2) is 0 Å². The van der Waals surface area contributed by atoms with Gasteiger partial charge in [0.1, 0.15) is 12.3 Å². The highest BCUT2D eigenvalue weighted by Crippen LogP contribution is 2.32. The number of Topliss-reactive ketones (excluding diaryl/α,β-unsaturated/α-hetero) is 1. The zero-order valence-electron chi connectivity index (χ0n) is 20.3. The van der Waals surface area contributed by atoms with Gasteiger partial charge in [-0.1, -0.05) is 55.5 Å². The highest BCUT2D eigenvalue weighted by atomic mass is 16.5. The van der Waals surface area contributed by atoms with Crippen LogP contribution in [0.1, 0.15) is 44.2 Å². The molecule has 0 aliphatic carbocycles. The molecule has 0 aromatic heterocycles. The predicted molar refractivity (Wildman–Crippen MR) is 132 cm³/mol. The molecule has 1 unspecified atom stereocenters. The number of hydrogen-bond acceptors (Lipinski definition) is 5. The maximum Gasteiger partial charge on any atom is 0.323 e. The normalized spacial score (nSPS) is 17.1. The largest absolute Gasteiger partial charge is 0.480 e. The number of carbonyl (C=O) groups is 4. The lowest BCUT2D eigenvalue weighted by Crippen LogP contribution is -2.43. The molecule has 0 saturated carbocycles. The van der Waals surface area contributed by atoms with Crippen LogP contribution in [0, 0.1) is 17.8 Å². The Morgan fingerprint density at radius 1 is 1.09 bits per heavy atom. The smallest absolute Gasteiger partial charge is 0.323 e. The van der Waals surface area contributed by atoms with E-state index in [-0.39, 0.29) is 24.8 Å². The monoisotopic (exact) mass is 479 g/mol. The molecule has 186 valence electrons. The molecule has 2 aromatic carbocycles. The molecular weight excluding hydrogens is 446 g/mol. The first-order valence-electron chi connectivity index (χ1n) is 12.2. The number of carboxylic acids is 1. The zero-order valence-corrected chi connectivity index (χ0v) is 20.3. The van der Waals surface area contributed by atoms with Crippen molar-refractivity contribution in [2.24, 2.45) is 17.8 Å². The Bertz CT molecular complexity index is 1050. The number of ether oxygens (including phenoxy) is 1. The van der Waals surface area contributed by atoms with E-state index in [0.717, 1.165) is 11.1 Å². The van der Waals surface area contributed by atoms with Crippen LogP contribution in [0.5, 0.6) is 0 Å². The number of carbonyl (C=O) groups excluding carboxylic acids is 3. The third-order valence-electron chi connectivity index (χ3n) is 6.55. The van der Waals surface area contributed by atoms with Crippen LogP contribution >= 0.6 is 0 Å². The quantitative estimate of drug-likeness (QED) is 0.385. The van der Waals surface area contributed by atoms with Crippen molar-refractivity contribution in [3.05, 3.63) is 65.7 Å². The molecule has 7 heteroatoms. The summed E-state index contributed by atoms with van der Waals surface area (Å²) in [6.45, 7) is 3.24. The summed E-state index contributed by atoms with van der Waals surface area (Å²) in [4.78, 5) is 52.2. The number of anilines is 1. The minimum atomic E-state index is -1.14. The topological polar surface area (TPSA) is 101 Å². The predicted octanol–water partition coefficient (Wildman–Crippen LogP) is 4.07. The third-order valence-corrected chi connectivity index (χ3v) is 6.55. The van der Waals surface area contributed by atoms with Gasteiger partial charge in [-0.15, -0.1) is 0 Å². The Labute approximate surface area is 206 Å². The van der Waals surface area contributed by atoms with Crippen molar-refractivity contribution in [2.75, 3.05) is 18.1 Å². The van der Waals surface area contributed by atoms with Crippen LogP contribution in [0.2, 0.25) is 0 Å². The lowest BCUT2D eigenvalue weighted by atomic mass is 9.82. The van der Waals surface area contributed by atoms with E-state index >= 15 is 0 Å². The molecule has 0 spiro atoms. The van der Waals surface area contributed by atoms with Crippen LogP contribution in [-0.2, 0) is 36.8 Å². The average molecular weight is 480 g/mol. The molecule has 1 aliphatic heterocycles. The third kappa shape index (κ3) is 6.78. The number of hydrogen-bond donors (Lipinski definition) is 1. The number of carboxylic acid groups (broad SMARTS) is 1. The Balaban J connectivity index is 1.76. The van der Waals surface area contributed by atoms with Crippen LogP contribution < -0.4 is 4.90 Å². The van der Waals surface area contributed by atoms with Gasteiger partial charge in [-0.05, 0) is 56.2 Å². The SMILES string of the molecule is CCOC(=O)[C@H](CCc1ccccc1)C[C@@H](C)C(=O)C1CCc2ccccc2N(CC(=O)O)C1=O. The molecule has 0 saturated heterocycles. The molecule has 35 heavy (non-hydrogen) atoms. The van der Waals surface area contributed by atoms with E-state index in [1.807, 2.05) is 42.5 Å². The Morgan fingerprint density at radius 3 is 2.46 bits per heavy atom. The van der Waals surface area contributed by atoms with Crippen molar-refractivity contribution in [3.8, 4) is 0 Å². The van der Waals surface area contributed by atoms with Crippen molar-refractivity contribution < 1.29 is 29.0 Å². The molecular formula is C28H33NO6. The number of nitrogens with zero attached hydrogens (tertiary/aromatic N) is 1. The minimum Gasteiger partial charge on any atom is -0.480 e. The van der Waals surface area contributed by atoms with Gasteiger partial charge in [-0.3, -0.25) is 19.2 Å². The summed E-state index contributed by atoms with van der Waals surface area (Å²) in [7, 11) is 0. The standard InChI is InChI=1S/C28H33NO6/c1-3-35-28(34)22(14-13-20-9-5-4-6-10-20)17-19(2)26(32)23-16-15-21-11-7-8-12-24(21)29(27(23)33)18-25(30)31/h4-12,19,22-23H,3,13-18H2,1-2H3,(H,30,31)/t19-,22-,23?/m1/s1.